The van der Waals surface area contributed by atoms with E-state index in [1.165, 1.54) is 10.8 Å². The molecule has 82 valence electrons. The van der Waals surface area contributed by atoms with Crippen LogP contribution in [0.25, 0.3) is 0 Å². The molecular formula is C12H9ClOS2. The molecule has 0 unspecified atom stereocenters. The zero-order valence-corrected chi connectivity index (χ0v) is 10.7. The quantitative estimate of drug-likeness (QED) is 0.615. The van der Waals surface area contributed by atoms with Crippen molar-refractivity contribution in [3.05, 3.63) is 53.6 Å². The molecule has 0 radical (unpaired) electrons. The molecule has 0 atom stereocenters. The molecule has 0 N–H and O–H groups in total. The van der Waals surface area contributed by atoms with Gasteiger partial charge in [0.25, 0.3) is 0 Å². The summed E-state index contributed by atoms with van der Waals surface area (Å²) in [7, 11) is 1.41. The average Bonchev–Trinajstić information content (AvgIpc) is 2.33. The molecule has 2 rings (SSSR count). The molecule has 1 nitrogen and oxygen atoms in total. The van der Waals surface area contributed by atoms with Gasteiger partial charge in [-0.05, 0) is 48.5 Å². The molecule has 0 amide bonds. The molecule has 0 fully saturated rings. The molecule has 16 heavy (non-hydrogen) atoms. The molecular weight excluding hydrogens is 260 g/mol. The predicted octanol–water partition coefficient (Wildman–Crippen LogP) is 5.07. The van der Waals surface area contributed by atoms with Gasteiger partial charge in [0.2, 0.25) is 0 Å². The Morgan fingerprint density at radius 1 is 0.875 bits per heavy atom. The number of hydrogen-bond donors (Lipinski definition) is 1. The number of halogens is 1. The van der Waals surface area contributed by atoms with Gasteiger partial charge < -0.3 is 4.74 Å². The van der Waals surface area contributed by atoms with E-state index in [2.05, 4.69) is 11.7 Å². The van der Waals surface area contributed by atoms with Gasteiger partial charge in [-0.2, -0.15) is 0 Å². The van der Waals surface area contributed by atoms with Crippen molar-refractivity contribution in [2.75, 3.05) is 0 Å². The van der Waals surface area contributed by atoms with E-state index in [4.69, 9.17) is 16.3 Å². The Morgan fingerprint density at radius 2 is 1.38 bits per heavy atom. The molecule has 0 aliphatic heterocycles. The Kier molecular flexibility index (Phi) is 4.04. The van der Waals surface area contributed by atoms with Crippen LogP contribution in [0, 0.1) is 0 Å². The fourth-order valence-electron chi connectivity index (χ4n) is 1.21. The molecule has 0 aliphatic carbocycles. The predicted molar refractivity (Wildman–Crippen MR) is 72.8 cm³/mol. The Hall–Kier alpha value is -0.770. The van der Waals surface area contributed by atoms with E-state index in [-0.39, 0.29) is 0 Å². The summed E-state index contributed by atoms with van der Waals surface area (Å²) in [6.07, 6.45) is 0. The SMILES string of the molecule is SSc1ccc(Oc2ccc(Cl)cc2)cc1. The maximum Gasteiger partial charge on any atom is 0.127 e. The van der Waals surface area contributed by atoms with Crippen LogP contribution in [0.5, 0.6) is 11.5 Å². The monoisotopic (exact) mass is 268 g/mol. The lowest BCUT2D eigenvalue weighted by atomic mass is 10.3. The minimum Gasteiger partial charge on any atom is -0.457 e. The summed E-state index contributed by atoms with van der Waals surface area (Å²) in [5, 5.41) is 0.703. The van der Waals surface area contributed by atoms with Crippen LogP contribution in [-0.4, -0.2) is 0 Å². The standard InChI is InChI=1S/C12H9ClOS2/c13-9-1-3-10(4-2-9)14-11-5-7-12(16-15)8-6-11/h1-8,15H. The third-order valence-corrected chi connectivity index (χ3v) is 3.35. The van der Waals surface area contributed by atoms with E-state index in [0.717, 1.165) is 16.4 Å². The summed E-state index contributed by atoms with van der Waals surface area (Å²) in [6.45, 7) is 0. The molecule has 0 bridgehead atoms. The lowest BCUT2D eigenvalue weighted by molar-refractivity contribution is 0.482. The van der Waals surface area contributed by atoms with Crippen LogP contribution in [0.15, 0.2) is 53.4 Å². The second kappa shape index (κ2) is 5.53. The molecule has 4 heteroatoms. The van der Waals surface area contributed by atoms with Crippen LogP contribution < -0.4 is 4.74 Å². The number of hydrogen-bond acceptors (Lipinski definition) is 3. The first-order chi connectivity index (χ1) is 7.78. The van der Waals surface area contributed by atoms with E-state index >= 15 is 0 Å². The van der Waals surface area contributed by atoms with Crippen LogP contribution in [0.1, 0.15) is 0 Å². The average molecular weight is 269 g/mol. The molecule has 0 aromatic heterocycles. The van der Waals surface area contributed by atoms with Crippen molar-refractivity contribution in [2.45, 2.75) is 4.90 Å². The minimum atomic E-state index is 0.703. The van der Waals surface area contributed by atoms with Gasteiger partial charge in [0.1, 0.15) is 11.5 Å². The van der Waals surface area contributed by atoms with Crippen LogP contribution in [0.3, 0.4) is 0 Å². The summed E-state index contributed by atoms with van der Waals surface area (Å²) in [6, 6.07) is 15.0. The first-order valence-electron chi connectivity index (χ1n) is 4.63. The van der Waals surface area contributed by atoms with Gasteiger partial charge >= 0.3 is 0 Å². The molecule has 0 saturated carbocycles. The van der Waals surface area contributed by atoms with Crippen molar-refractivity contribution < 1.29 is 4.74 Å². The zero-order chi connectivity index (χ0) is 11.4. The second-order valence-electron chi connectivity index (χ2n) is 3.12. The third-order valence-electron chi connectivity index (χ3n) is 1.98. The summed E-state index contributed by atoms with van der Waals surface area (Å²) in [5.74, 6) is 1.57. The smallest absolute Gasteiger partial charge is 0.127 e. The van der Waals surface area contributed by atoms with E-state index in [1.54, 1.807) is 12.1 Å². The van der Waals surface area contributed by atoms with Crippen LogP contribution in [-0.2, 0) is 0 Å². The lowest BCUT2D eigenvalue weighted by Crippen LogP contribution is -1.83. The summed E-state index contributed by atoms with van der Waals surface area (Å²) < 4.78 is 5.64. The molecule has 0 spiro atoms. The van der Waals surface area contributed by atoms with Gasteiger partial charge in [0, 0.05) is 9.92 Å². The topological polar surface area (TPSA) is 9.23 Å². The van der Waals surface area contributed by atoms with E-state index in [9.17, 15) is 0 Å². The van der Waals surface area contributed by atoms with Crippen LogP contribution in [0.4, 0.5) is 0 Å². The van der Waals surface area contributed by atoms with E-state index < -0.39 is 0 Å². The van der Waals surface area contributed by atoms with Gasteiger partial charge in [-0.1, -0.05) is 22.4 Å². The molecule has 0 saturated heterocycles. The van der Waals surface area contributed by atoms with Gasteiger partial charge in [0.15, 0.2) is 0 Å². The number of benzene rings is 2. The van der Waals surface area contributed by atoms with Crippen molar-refractivity contribution in [3.63, 3.8) is 0 Å². The van der Waals surface area contributed by atoms with Gasteiger partial charge in [-0.3, -0.25) is 0 Å². The lowest BCUT2D eigenvalue weighted by Gasteiger charge is -2.05. The summed E-state index contributed by atoms with van der Waals surface area (Å²) in [4.78, 5) is 1.09. The van der Waals surface area contributed by atoms with Gasteiger partial charge in [0.05, 0.1) is 0 Å². The fraction of sp³-hybridized carbons (Fsp3) is 0. The zero-order valence-electron chi connectivity index (χ0n) is 8.26. The van der Waals surface area contributed by atoms with Crippen LogP contribution in [0.2, 0.25) is 5.02 Å². The maximum atomic E-state index is 5.79. The molecule has 0 aliphatic rings. The highest BCUT2D eigenvalue weighted by Crippen LogP contribution is 2.27. The largest absolute Gasteiger partial charge is 0.457 e. The fourth-order valence-corrected chi connectivity index (χ4v) is 1.96. The van der Waals surface area contributed by atoms with Crippen molar-refractivity contribution in [3.8, 4) is 11.5 Å². The first-order valence-corrected chi connectivity index (χ1v) is 6.87. The molecule has 2 aromatic carbocycles. The normalized spacial score (nSPS) is 10.1. The number of ether oxygens (including phenoxy) is 1. The third kappa shape index (κ3) is 3.11. The number of thiol groups is 1. The highest BCUT2D eigenvalue weighted by Gasteiger charge is 1.97. The second-order valence-corrected chi connectivity index (χ2v) is 4.76. The van der Waals surface area contributed by atoms with Gasteiger partial charge in [-0.25, -0.2) is 0 Å². The number of rotatable bonds is 3. The van der Waals surface area contributed by atoms with Crippen molar-refractivity contribution in [1.29, 1.82) is 0 Å². The Morgan fingerprint density at radius 3 is 1.88 bits per heavy atom. The van der Waals surface area contributed by atoms with Gasteiger partial charge in [-0.15, -0.1) is 11.7 Å². The van der Waals surface area contributed by atoms with Crippen molar-refractivity contribution >= 4 is 34.1 Å². The highest BCUT2D eigenvalue weighted by atomic mass is 35.5. The van der Waals surface area contributed by atoms with Crippen molar-refractivity contribution in [2.24, 2.45) is 0 Å². The Labute approximate surface area is 109 Å². The highest BCUT2D eigenvalue weighted by molar-refractivity contribution is 8.68. The Bertz CT molecular complexity index is 453. The van der Waals surface area contributed by atoms with Crippen LogP contribution >= 0.6 is 34.1 Å². The molecule has 2 aromatic rings. The Balaban J connectivity index is 2.11. The maximum absolute atomic E-state index is 5.79. The van der Waals surface area contributed by atoms with E-state index in [0.29, 0.717) is 5.02 Å². The molecule has 0 heterocycles. The van der Waals surface area contributed by atoms with E-state index in [1.807, 2.05) is 36.4 Å². The summed E-state index contributed by atoms with van der Waals surface area (Å²) >= 11 is 9.90. The first kappa shape index (κ1) is 11.7. The minimum absolute atomic E-state index is 0.703. The summed E-state index contributed by atoms with van der Waals surface area (Å²) in [5.41, 5.74) is 0. The van der Waals surface area contributed by atoms with Crippen molar-refractivity contribution in [1.82, 2.24) is 0 Å².